The van der Waals surface area contributed by atoms with Crippen LogP contribution in [0.2, 0.25) is 10.0 Å². The first kappa shape index (κ1) is 16.1. The van der Waals surface area contributed by atoms with Crippen LogP contribution in [-0.4, -0.2) is 44.7 Å². The smallest absolute Gasteiger partial charge is 0.306 e. The monoisotopic (exact) mass is 305 g/mol. The van der Waals surface area contributed by atoms with Gasteiger partial charge in [-0.05, 0) is 25.2 Å². The number of nitrogens with zero attached hydrogens (tertiary/aromatic N) is 1. The van der Waals surface area contributed by atoms with Crippen molar-refractivity contribution in [2.75, 3.05) is 33.9 Å². The highest BCUT2D eigenvalue weighted by molar-refractivity contribution is 6.35. The maximum Gasteiger partial charge on any atom is 0.306 e. The lowest BCUT2D eigenvalue weighted by atomic mass is 10.3. The Kier molecular flexibility index (Phi) is 6.99. The first-order valence-electron chi connectivity index (χ1n) is 5.86. The zero-order valence-electron chi connectivity index (χ0n) is 11.0. The molecule has 0 atom stereocenters. The molecule has 0 aromatic heterocycles. The summed E-state index contributed by atoms with van der Waals surface area (Å²) in [7, 11) is 3.30. The van der Waals surface area contributed by atoms with Crippen LogP contribution in [0, 0.1) is 0 Å². The number of esters is 1. The molecule has 1 aromatic carbocycles. The van der Waals surface area contributed by atoms with E-state index in [0.29, 0.717) is 41.9 Å². The summed E-state index contributed by atoms with van der Waals surface area (Å²) in [5.74, 6) is 0.390. The van der Waals surface area contributed by atoms with Crippen molar-refractivity contribution in [3.8, 4) is 5.75 Å². The van der Waals surface area contributed by atoms with Crippen LogP contribution in [0.1, 0.15) is 6.42 Å². The van der Waals surface area contributed by atoms with Crippen molar-refractivity contribution in [3.63, 3.8) is 0 Å². The number of carbonyl (C=O) groups excluding carboxylic acids is 1. The molecule has 0 fully saturated rings. The molecule has 0 saturated carbocycles. The minimum Gasteiger partial charge on any atom is -0.491 e. The average molecular weight is 306 g/mol. The van der Waals surface area contributed by atoms with E-state index in [1.54, 1.807) is 18.2 Å². The van der Waals surface area contributed by atoms with E-state index in [2.05, 4.69) is 4.74 Å². The molecule has 106 valence electrons. The fraction of sp³-hybridized carbons (Fsp3) is 0.462. The number of hydrogen-bond donors (Lipinski definition) is 0. The minimum absolute atomic E-state index is 0.214. The lowest BCUT2D eigenvalue weighted by Crippen LogP contribution is -2.27. The summed E-state index contributed by atoms with van der Waals surface area (Å²) in [5.41, 5.74) is 0. The fourth-order valence-electron chi connectivity index (χ4n) is 1.40. The van der Waals surface area contributed by atoms with Gasteiger partial charge in [0.2, 0.25) is 0 Å². The number of halogens is 2. The third-order valence-corrected chi connectivity index (χ3v) is 3.08. The van der Waals surface area contributed by atoms with E-state index in [-0.39, 0.29) is 5.97 Å². The van der Waals surface area contributed by atoms with Crippen molar-refractivity contribution < 1.29 is 14.3 Å². The first-order chi connectivity index (χ1) is 9.02. The Morgan fingerprint density at radius 1 is 1.32 bits per heavy atom. The Labute approximate surface area is 123 Å². The molecular formula is C13H17Cl2NO3. The molecule has 4 nitrogen and oxygen atoms in total. The van der Waals surface area contributed by atoms with Gasteiger partial charge in [-0.15, -0.1) is 0 Å². The highest BCUT2D eigenvalue weighted by Crippen LogP contribution is 2.27. The molecule has 0 saturated heterocycles. The standard InChI is InChI=1S/C13H17Cl2NO3/c1-16(6-5-13(17)18-2)7-8-19-12-4-3-10(14)9-11(12)15/h3-4,9H,5-8H2,1-2H3. The van der Waals surface area contributed by atoms with Crippen LogP contribution in [0.25, 0.3) is 0 Å². The van der Waals surface area contributed by atoms with Crippen molar-refractivity contribution in [2.24, 2.45) is 0 Å². The quantitative estimate of drug-likeness (QED) is 0.726. The summed E-state index contributed by atoms with van der Waals surface area (Å²) in [6, 6.07) is 5.10. The van der Waals surface area contributed by atoms with E-state index in [4.69, 9.17) is 27.9 Å². The van der Waals surface area contributed by atoms with Crippen molar-refractivity contribution in [1.82, 2.24) is 4.90 Å². The molecule has 0 aliphatic carbocycles. The van der Waals surface area contributed by atoms with Crippen LogP contribution >= 0.6 is 23.2 Å². The van der Waals surface area contributed by atoms with Gasteiger partial charge in [0.25, 0.3) is 0 Å². The van der Waals surface area contributed by atoms with Gasteiger partial charge < -0.3 is 14.4 Å². The molecule has 0 radical (unpaired) electrons. The average Bonchev–Trinajstić information content (AvgIpc) is 2.38. The second kappa shape index (κ2) is 8.25. The molecule has 0 aliphatic heterocycles. The number of ether oxygens (including phenoxy) is 2. The summed E-state index contributed by atoms with van der Waals surface area (Å²) in [6.07, 6.45) is 0.370. The SMILES string of the molecule is COC(=O)CCN(C)CCOc1ccc(Cl)cc1Cl. The second-order valence-electron chi connectivity index (χ2n) is 4.05. The summed E-state index contributed by atoms with van der Waals surface area (Å²) in [6.45, 7) is 1.80. The van der Waals surface area contributed by atoms with Gasteiger partial charge in [-0.25, -0.2) is 0 Å². The van der Waals surface area contributed by atoms with Gasteiger partial charge in [-0.1, -0.05) is 23.2 Å². The number of benzene rings is 1. The van der Waals surface area contributed by atoms with E-state index >= 15 is 0 Å². The molecule has 0 heterocycles. The van der Waals surface area contributed by atoms with E-state index in [1.807, 2.05) is 11.9 Å². The molecule has 19 heavy (non-hydrogen) atoms. The van der Waals surface area contributed by atoms with Crippen molar-refractivity contribution in [3.05, 3.63) is 28.2 Å². The van der Waals surface area contributed by atoms with Crippen LogP contribution < -0.4 is 4.74 Å². The molecule has 1 aromatic rings. The van der Waals surface area contributed by atoms with Gasteiger partial charge in [0, 0.05) is 18.1 Å². The highest BCUT2D eigenvalue weighted by atomic mass is 35.5. The zero-order chi connectivity index (χ0) is 14.3. The molecular weight excluding hydrogens is 289 g/mol. The Morgan fingerprint density at radius 2 is 2.05 bits per heavy atom. The fourth-order valence-corrected chi connectivity index (χ4v) is 1.86. The molecule has 0 bridgehead atoms. The molecule has 6 heteroatoms. The lowest BCUT2D eigenvalue weighted by molar-refractivity contribution is -0.140. The number of hydrogen-bond acceptors (Lipinski definition) is 4. The van der Waals surface area contributed by atoms with Gasteiger partial charge in [0.05, 0.1) is 18.6 Å². The number of rotatable bonds is 7. The Morgan fingerprint density at radius 3 is 2.68 bits per heavy atom. The van der Waals surface area contributed by atoms with Gasteiger partial charge in [-0.2, -0.15) is 0 Å². The maximum absolute atomic E-state index is 11.0. The molecule has 0 spiro atoms. The van der Waals surface area contributed by atoms with Crippen LogP contribution in [0.5, 0.6) is 5.75 Å². The van der Waals surface area contributed by atoms with Gasteiger partial charge in [0.1, 0.15) is 12.4 Å². The van der Waals surface area contributed by atoms with E-state index < -0.39 is 0 Å². The molecule has 0 aliphatic rings. The van der Waals surface area contributed by atoms with Crippen molar-refractivity contribution >= 4 is 29.2 Å². The minimum atomic E-state index is -0.214. The van der Waals surface area contributed by atoms with Crippen LogP contribution in [-0.2, 0) is 9.53 Å². The van der Waals surface area contributed by atoms with Crippen molar-refractivity contribution in [2.45, 2.75) is 6.42 Å². The summed E-state index contributed by atoms with van der Waals surface area (Å²) >= 11 is 11.8. The third kappa shape index (κ3) is 6.14. The number of carbonyl (C=O) groups is 1. The Balaban J connectivity index is 2.27. The zero-order valence-corrected chi connectivity index (χ0v) is 12.5. The summed E-state index contributed by atoms with van der Waals surface area (Å²) < 4.78 is 10.1. The van der Waals surface area contributed by atoms with Gasteiger partial charge in [-0.3, -0.25) is 4.79 Å². The maximum atomic E-state index is 11.0. The molecule has 0 amide bonds. The predicted octanol–water partition coefficient (Wildman–Crippen LogP) is 2.87. The Bertz CT molecular complexity index is 426. The second-order valence-corrected chi connectivity index (χ2v) is 4.90. The van der Waals surface area contributed by atoms with Crippen LogP contribution in [0.3, 0.4) is 0 Å². The van der Waals surface area contributed by atoms with Crippen LogP contribution in [0.4, 0.5) is 0 Å². The third-order valence-electron chi connectivity index (χ3n) is 2.55. The predicted molar refractivity (Wildman–Crippen MR) is 76.1 cm³/mol. The molecule has 0 unspecified atom stereocenters. The highest BCUT2D eigenvalue weighted by Gasteiger charge is 2.06. The van der Waals surface area contributed by atoms with Crippen molar-refractivity contribution in [1.29, 1.82) is 0 Å². The molecule has 1 rings (SSSR count). The lowest BCUT2D eigenvalue weighted by Gasteiger charge is -2.16. The normalized spacial score (nSPS) is 10.6. The number of methoxy groups -OCH3 is 1. The van der Waals surface area contributed by atoms with Crippen LogP contribution in [0.15, 0.2) is 18.2 Å². The van der Waals surface area contributed by atoms with E-state index in [0.717, 1.165) is 0 Å². The number of likely N-dealkylation sites (N-methyl/N-ethyl adjacent to an activating group) is 1. The largest absolute Gasteiger partial charge is 0.491 e. The topological polar surface area (TPSA) is 38.8 Å². The van der Waals surface area contributed by atoms with Gasteiger partial charge in [0.15, 0.2) is 0 Å². The first-order valence-corrected chi connectivity index (χ1v) is 6.61. The summed E-state index contributed by atoms with van der Waals surface area (Å²) in [5, 5.41) is 1.07. The van der Waals surface area contributed by atoms with Gasteiger partial charge >= 0.3 is 5.97 Å². The summed E-state index contributed by atoms with van der Waals surface area (Å²) in [4.78, 5) is 13.0. The molecule has 0 N–H and O–H groups in total. The van der Waals surface area contributed by atoms with E-state index in [1.165, 1.54) is 7.11 Å². The Hall–Kier alpha value is -0.970. The van der Waals surface area contributed by atoms with E-state index in [9.17, 15) is 4.79 Å².